The largest absolute Gasteiger partial charge is 0.484 e. The first kappa shape index (κ1) is 18.7. The molecule has 1 aliphatic heterocycles. The van der Waals surface area contributed by atoms with Crippen molar-refractivity contribution in [1.82, 2.24) is 9.55 Å². The van der Waals surface area contributed by atoms with Gasteiger partial charge in [-0.1, -0.05) is 18.2 Å². The van der Waals surface area contributed by atoms with E-state index in [-0.39, 0.29) is 12.5 Å². The molecule has 4 rings (SSSR count). The van der Waals surface area contributed by atoms with Gasteiger partial charge in [-0.25, -0.2) is 4.98 Å². The number of hydrogen-bond acceptors (Lipinski definition) is 4. The molecule has 148 valence electrons. The van der Waals surface area contributed by atoms with Crippen LogP contribution in [0.4, 0.5) is 5.69 Å². The van der Waals surface area contributed by atoms with Crippen molar-refractivity contribution in [2.75, 3.05) is 11.9 Å². The minimum atomic E-state index is -0.543. The molecule has 0 saturated heterocycles. The summed E-state index contributed by atoms with van der Waals surface area (Å²) in [5, 5.41) is 2.80. The second-order valence-corrected chi connectivity index (χ2v) is 7.00. The Bertz CT molecular complexity index is 1020. The molecule has 7 nitrogen and oxygen atoms in total. The molecule has 0 unspecified atom stereocenters. The first-order valence-corrected chi connectivity index (χ1v) is 9.57. The number of benzene rings is 2. The van der Waals surface area contributed by atoms with Crippen LogP contribution >= 0.6 is 0 Å². The molecule has 0 saturated carbocycles. The van der Waals surface area contributed by atoms with Crippen LogP contribution in [0.15, 0.2) is 54.7 Å². The number of anilines is 1. The SMILES string of the molecule is NC(=O)c1cccc(OCC(=O)Nc2ccc(-c3cn4c(n3)CCCC4)cc2)c1. The Morgan fingerprint density at radius 1 is 1.14 bits per heavy atom. The molecule has 1 aromatic heterocycles. The lowest BCUT2D eigenvalue weighted by Crippen LogP contribution is -2.20. The van der Waals surface area contributed by atoms with E-state index in [0.717, 1.165) is 30.0 Å². The fourth-order valence-corrected chi connectivity index (χ4v) is 3.36. The first-order chi connectivity index (χ1) is 14.1. The van der Waals surface area contributed by atoms with E-state index in [4.69, 9.17) is 15.5 Å². The van der Waals surface area contributed by atoms with Crippen LogP contribution in [0.2, 0.25) is 0 Å². The van der Waals surface area contributed by atoms with Gasteiger partial charge in [-0.2, -0.15) is 0 Å². The molecular weight excluding hydrogens is 368 g/mol. The van der Waals surface area contributed by atoms with Crippen LogP contribution in [0.1, 0.15) is 29.0 Å². The molecule has 0 fully saturated rings. The van der Waals surface area contributed by atoms with E-state index in [1.165, 1.54) is 18.9 Å². The first-order valence-electron chi connectivity index (χ1n) is 9.57. The van der Waals surface area contributed by atoms with Crippen molar-refractivity contribution in [2.24, 2.45) is 5.73 Å². The summed E-state index contributed by atoms with van der Waals surface area (Å²) in [6.07, 6.45) is 5.51. The van der Waals surface area contributed by atoms with E-state index in [1.807, 2.05) is 24.3 Å². The number of nitrogens with two attached hydrogens (primary N) is 1. The average Bonchev–Trinajstić information content (AvgIpc) is 3.17. The minimum absolute atomic E-state index is 0.169. The summed E-state index contributed by atoms with van der Waals surface area (Å²) in [6.45, 7) is 0.858. The summed E-state index contributed by atoms with van der Waals surface area (Å²) in [4.78, 5) is 28.1. The van der Waals surface area contributed by atoms with Crippen molar-refractivity contribution in [3.8, 4) is 17.0 Å². The number of nitrogens with zero attached hydrogens (tertiary/aromatic N) is 2. The number of aromatic nitrogens is 2. The van der Waals surface area contributed by atoms with Crippen molar-refractivity contribution in [3.63, 3.8) is 0 Å². The number of nitrogens with one attached hydrogen (secondary N) is 1. The van der Waals surface area contributed by atoms with Crippen molar-refractivity contribution in [3.05, 3.63) is 66.1 Å². The topological polar surface area (TPSA) is 99.2 Å². The molecule has 0 atom stereocenters. The van der Waals surface area contributed by atoms with Crippen molar-refractivity contribution >= 4 is 17.5 Å². The van der Waals surface area contributed by atoms with E-state index in [0.29, 0.717) is 17.0 Å². The Morgan fingerprint density at radius 2 is 1.97 bits per heavy atom. The van der Waals surface area contributed by atoms with Gasteiger partial charge in [0.05, 0.1) is 5.69 Å². The van der Waals surface area contributed by atoms with Crippen molar-refractivity contribution in [2.45, 2.75) is 25.8 Å². The van der Waals surface area contributed by atoms with Gasteiger partial charge in [0.1, 0.15) is 11.6 Å². The second kappa shape index (κ2) is 8.18. The molecule has 3 N–H and O–H groups in total. The standard InChI is InChI=1S/C22H22N4O3/c23-22(28)16-4-3-5-18(12-16)29-14-21(27)24-17-9-7-15(8-10-17)19-13-26-11-2-1-6-20(26)25-19/h3-5,7-10,12-13H,1-2,6,11,14H2,(H2,23,28)(H,24,27). The van der Waals surface area contributed by atoms with Gasteiger partial charge in [-0.15, -0.1) is 0 Å². The van der Waals surface area contributed by atoms with Crippen LogP contribution in [0.5, 0.6) is 5.75 Å². The third-order valence-electron chi connectivity index (χ3n) is 4.86. The number of aryl methyl sites for hydroxylation is 2. The van der Waals surface area contributed by atoms with E-state index < -0.39 is 5.91 Å². The molecule has 0 bridgehead atoms. The summed E-state index contributed by atoms with van der Waals surface area (Å²) < 4.78 is 7.66. The zero-order valence-electron chi connectivity index (χ0n) is 15.9. The molecule has 0 radical (unpaired) electrons. The molecule has 0 aliphatic carbocycles. The zero-order valence-corrected chi connectivity index (χ0v) is 15.9. The van der Waals surface area contributed by atoms with E-state index in [2.05, 4.69) is 16.1 Å². The van der Waals surface area contributed by atoms with Gasteiger partial charge in [0.2, 0.25) is 5.91 Å². The highest BCUT2D eigenvalue weighted by molar-refractivity contribution is 5.93. The molecule has 7 heteroatoms. The number of fused-ring (bicyclic) bond motifs is 1. The molecule has 29 heavy (non-hydrogen) atoms. The Morgan fingerprint density at radius 3 is 2.72 bits per heavy atom. The van der Waals surface area contributed by atoms with Gasteiger partial charge in [-0.05, 0) is 43.2 Å². The van der Waals surface area contributed by atoms with Crippen LogP contribution in [-0.2, 0) is 17.8 Å². The van der Waals surface area contributed by atoms with Crippen LogP contribution in [0.3, 0.4) is 0 Å². The fraction of sp³-hybridized carbons (Fsp3) is 0.227. The third kappa shape index (κ3) is 4.45. The molecule has 2 aromatic carbocycles. The molecule has 2 heterocycles. The summed E-state index contributed by atoms with van der Waals surface area (Å²) in [7, 11) is 0. The van der Waals surface area contributed by atoms with Gasteiger partial charge in [-0.3, -0.25) is 9.59 Å². The molecule has 2 amide bonds. The predicted octanol–water partition coefficient (Wildman–Crippen LogP) is 3.00. The Hall–Kier alpha value is -3.61. The van der Waals surface area contributed by atoms with Gasteiger partial charge in [0.15, 0.2) is 6.61 Å². The maximum atomic E-state index is 12.1. The highest BCUT2D eigenvalue weighted by atomic mass is 16.5. The lowest BCUT2D eigenvalue weighted by Gasteiger charge is -2.11. The summed E-state index contributed by atoms with van der Waals surface area (Å²) >= 11 is 0. The monoisotopic (exact) mass is 390 g/mol. The third-order valence-corrected chi connectivity index (χ3v) is 4.86. The average molecular weight is 390 g/mol. The summed E-state index contributed by atoms with van der Waals surface area (Å²) in [5.74, 6) is 0.718. The maximum Gasteiger partial charge on any atom is 0.262 e. The lowest BCUT2D eigenvalue weighted by atomic mass is 10.1. The van der Waals surface area contributed by atoms with Crippen LogP contribution in [0, 0.1) is 0 Å². The number of rotatable bonds is 6. The number of ether oxygens (including phenoxy) is 1. The number of amides is 2. The minimum Gasteiger partial charge on any atom is -0.484 e. The Kier molecular flexibility index (Phi) is 5.29. The van der Waals surface area contributed by atoms with Crippen molar-refractivity contribution in [1.29, 1.82) is 0 Å². The van der Waals surface area contributed by atoms with E-state index in [1.54, 1.807) is 18.2 Å². The Labute approximate surface area is 168 Å². The smallest absolute Gasteiger partial charge is 0.262 e. The number of carbonyl (C=O) groups is 2. The summed E-state index contributed by atoms with van der Waals surface area (Å²) in [6, 6.07) is 14.0. The normalized spacial score (nSPS) is 12.8. The molecule has 3 aromatic rings. The van der Waals surface area contributed by atoms with Crippen LogP contribution < -0.4 is 15.8 Å². The Balaban J connectivity index is 1.35. The van der Waals surface area contributed by atoms with E-state index in [9.17, 15) is 9.59 Å². The maximum absolute atomic E-state index is 12.1. The van der Waals surface area contributed by atoms with Gasteiger partial charge < -0.3 is 20.4 Å². The van der Waals surface area contributed by atoms with E-state index >= 15 is 0 Å². The highest BCUT2D eigenvalue weighted by Crippen LogP contribution is 2.24. The fourth-order valence-electron chi connectivity index (χ4n) is 3.36. The zero-order chi connectivity index (χ0) is 20.2. The molecular formula is C22H22N4O3. The number of hydrogen-bond donors (Lipinski definition) is 2. The lowest BCUT2D eigenvalue weighted by molar-refractivity contribution is -0.118. The number of primary amides is 1. The predicted molar refractivity (Wildman–Crippen MR) is 110 cm³/mol. The van der Waals surface area contributed by atoms with Crippen molar-refractivity contribution < 1.29 is 14.3 Å². The second-order valence-electron chi connectivity index (χ2n) is 7.00. The number of imidazole rings is 1. The molecule has 1 aliphatic rings. The van der Waals surface area contributed by atoms with Crippen LogP contribution in [0.25, 0.3) is 11.3 Å². The van der Waals surface area contributed by atoms with Gasteiger partial charge in [0.25, 0.3) is 5.91 Å². The number of carbonyl (C=O) groups excluding carboxylic acids is 2. The van der Waals surface area contributed by atoms with Gasteiger partial charge >= 0.3 is 0 Å². The van der Waals surface area contributed by atoms with Gasteiger partial charge in [0, 0.05) is 36.0 Å². The molecule has 0 spiro atoms. The summed E-state index contributed by atoms with van der Waals surface area (Å²) in [5.41, 5.74) is 8.23. The van der Waals surface area contributed by atoms with Crippen LogP contribution in [-0.4, -0.2) is 28.0 Å². The highest BCUT2D eigenvalue weighted by Gasteiger charge is 2.13. The quantitative estimate of drug-likeness (QED) is 0.676.